The molecule has 0 unspecified atom stereocenters. The van der Waals surface area contributed by atoms with Gasteiger partial charge < -0.3 is 10.2 Å². The minimum absolute atomic E-state index is 0.263. The standard InChI is InChI=1S/C25H26FN5OS/c26-18-5-3-15(4-6-18)21-22(20-9-12-27-25(29-20)28-19-7-8-19)33-23(30-21)16-10-13-31(14-11-16)24(32)17-1-2-17/h3-6,9,12,16-17,19H,1-2,7-8,10-11,13-14H2,(H,27,28,29). The molecule has 3 aromatic rings. The fourth-order valence-electron chi connectivity index (χ4n) is 4.39. The molecule has 1 N–H and O–H groups in total. The molecular weight excluding hydrogens is 437 g/mol. The maximum absolute atomic E-state index is 13.6. The van der Waals surface area contributed by atoms with Crippen LogP contribution in [0.3, 0.4) is 0 Å². The van der Waals surface area contributed by atoms with E-state index in [4.69, 9.17) is 9.97 Å². The first-order valence-electron chi connectivity index (χ1n) is 11.8. The van der Waals surface area contributed by atoms with Crippen LogP contribution in [0.25, 0.3) is 21.8 Å². The Morgan fingerprint density at radius 3 is 2.45 bits per heavy atom. The van der Waals surface area contributed by atoms with Gasteiger partial charge in [-0.1, -0.05) is 0 Å². The topological polar surface area (TPSA) is 71.0 Å². The first-order valence-corrected chi connectivity index (χ1v) is 12.6. The summed E-state index contributed by atoms with van der Waals surface area (Å²) in [6.45, 7) is 1.59. The summed E-state index contributed by atoms with van der Waals surface area (Å²) in [5.41, 5.74) is 2.55. The second kappa shape index (κ2) is 8.48. The van der Waals surface area contributed by atoms with E-state index in [9.17, 15) is 9.18 Å². The molecule has 2 aliphatic carbocycles. The van der Waals surface area contributed by atoms with Crippen molar-refractivity contribution in [3.8, 4) is 21.8 Å². The van der Waals surface area contributed by atoms with E-state index in [1.165, 1.54) is 12.1 Å². The van der Waals surface area contributed by atoms with Crippen LogP contribution in [-0.4, -0.2) is 44.9 Å². The number of rotatable bonds is 6. The monoisotopic (exact) mass is 463 g/mol. The molecule has 0 radical (unpaired) electrons. The summed E-state index contributed by atoms with van der Waals surface area (Å²) < 4.78 is 13.6. The molecule has 3 aliphatic rings. The second-order valence-electron chi connectivity index (χ2n) is 9.29. The fraction of sp³-hybridized carbons (Fsp3) is 0.440. The number of anilines is 1. The molecule has 0 bridgehead atoms. The van der Waals surface area contributed by atoms with Gasteiger partial charge in [0.1, 0.15) is 5.82 Å². The van der Waals surface area contributed by atoms with E-state index in [1.807, 2.05) is 11.0 Å². The maximum atomic E-state index is 13.6. The lowest BCUT2D eigenvalue weighted by Crippen LogP contribution is -2.38. The van der Waals surface area contributed by atoms with Crippen molar-refractivity contribution in [2.75, 3.05) is 18.4 Å². The lowest BCUT2D eigenvalue weighted by molar-refractivity contribution is -0.133. The Morgan fingerprint density at radius 2 is 1.76 bits per heavy atom. The Balaban J connectivity index is 1.30. The maximum Gasteiger partial charge on any atom is 0.225 e. The zero-order valence-corrected chi connectivity index (χ0v) is 19.2. The van der Waals surface area contributed by atoms with Crippen molar-refractivity contribution >= 4 is 23.2 Å². The Morgan fingerprint density at radius 1 is 1.00 bits per heavy atom. The van der Waals surface area contributed by atoms with Gasteiger partial charge in [0.15, 0.2) is 0 Å². The number of nitrogens with one attached hydrogen (secondary N) is 1. The predicted octanol–water partition coefficient (Wildman–Crippen LogP) is 5.10. The Hall–Kier alpha value is -2.87. The van der Waals surface area contributed by atoms with Gasteiger partial charge in [0.05, 0.1) is 21.3 Å². The number of hydrogen-bond donors (Lipinski definition) is 1. The third-order valence-corrected chi connectivity index (χ3v) is 7.88. The normalized spacial score (nSPS) is 19.0. The van der Waals surface area contributed by atoms with E-state index < -0.39 is 0 Å². The molecule has 3 fully saturated rings. The molecule has 2 saturated carbocycles. The quantitative estimate of drug-likeness (QED) is 0.551. The molecule has 33 heavy (non-hydrogen) atoms. The molecule has 1 aromatic carbocycles. The minimum Gasteiger partial charge on any atom is -0.351 e. The molecule has 6 nitrogen and oxygen atoms in total. The van der Waals surface area contributed by atoms with E-state index in [0.717, 1.165) is 78.5 Å². The number of nitrogens with zero attached hydrogens (tertiary/aromatic N) is 4. The Labute approximate surface area is 196 Å². The van der Waals surface area contributed by atoms with Crippen LogP contribution < -0.4 is 5.32 Å². The van der Waals surface area contributed by atoms with Gasteiger partial charge in [0.25, 0.3) is 0 Å². The largest absolute Gasteiger partial charge is 0.351 e. The summed E-state index contributed by atoms with van der Waals surface area (Å²) in [5, 5.41) is 4.44. The number of halogens is 1. The number of carbonyl (C=O) groups excluding carboxylic acids is 1. The van der Waals surface area contributed by atoms with Gasteiger partial charge in [-0.15, -0.1) is 11.3 Å². The van der Waals surface area contributed by atoms with Crippen LogP contribution in [0.5, 0.6) is 0 Å². The number of carbonyl (C=O) groups is 1. The minimum atomic E-state index is -0.263. The number of thiazole rings is 1. The number of benzene rings is 1. The summed E-state index contributed by atoms with van der Waals surface area (Å²) in [4.78, 5) is 29.6. The summed E-state index contributed by atoms with van der Waals surface area (Å²) in [5.74, 6) is 1.30. The first kappa shape index (κ1) is 20.7. The van der Waals surface area contributed by atoms with E-state index in [1.54, 1.807) is 29.7 Å². The lowest BCUT2D eigenvalue weighted by atomic mass is 9.97. The van der Waals surface area contributed by atoms with Crippen molar-refractivity contribution in [1.29, 1.82) is 0 Å². The number of likely N-dealkylation sites (tertiary alicyclic amines) is 1. The fourth-order valence-corrected chi connectivity index (χ4v) is 5.62. The average Bonchev–Trinajstić information content (AvgIpc) is 3.78. The third-order valence-electron chi connectivity index (χ3n) is 6.64. The van der Waals surface area contributed by atoms with Gasteiger partial charge in [-0.25, -0.2) is 19.3 Å². The van der Waals surface area contributed by atoms with Crippen molar-refractivity contribution in [3.05, 3.63) is 47.4 Å². The summed E-state index contributed by atoms with van der Waals surface area (Å²) in [6, 6.07) is 8.88. The molecule has 1 saturated heterocycles. The molecule has 6 rings (SSSR count). The zero-order chi connectivity index (χ0) is 22.4. The Kier molecular flexibility index (Phi) is 5.32. The summed E-state index contributed by atoms with van der Waals surface area (Å²) in [6.07, 6.45) is 8.03. The summed E-state index contributed by atoms with van der Waals surface area (Å²) in [7, 11) is 0. The van der Waals surface area contributed by atoms with Crippen molar-refractivity contribution < 1.29 is 9.18 Å². The second-order valence-corrected chi connectivity index (χ2v) is 10.3. The Bertz CT molecular complexity index is 1160. The van der Waals surface area contributed by atoms with Crippen LogP contribution in [-0.2, 0) is 4.79 Å². The molecule has 8 heteroatoms. The SMILES string of the molecule is O=C(C1CC1)N1CCC(c2nc(-c3ccc(F)cc3)c(-c3ccnc(NC4CC4)n3)s2)CC1. The molecule has 0 atom stereocenters. The highest BCUT2D eigenvalue weighted by atomic mass is 32.1. The van der Waals surface area contributed by atoms with Gasteiger partial charge in [0.2, 0.25) is 11.9 Å². The van der Waals surface area contributed by atoms with Crippen molar-refractivity contribution in [3.63, 3.8) is 0 Å². The van der Waals surface area contributed by atoms with E-state index in [-0.39, 0.29) is 11.7 Å². The smallest absolute Gasteiger partial charge is 0.225 e. The van der Waals surface area contributed by atoms with E-state index in [0.29, 0.717) is 23.8 Å². The van der Waals surface area contributed by atoms with E-state index >= 15 is 0 Å². The molecule has 1 aliphatic heterocycles. The molecular formula is C25H26FN5OS. The molecule has 3 heterocycles. The highest BCUT2D eigenvalue weighted by Crippen LogP contribution is 2.42. The van der Waals surface area contributed by atoms with Gasteiger partial charge in [0, 0.05) is 42.7 Å². The van der Waals surface area contributed by atoms with Gasteiger partial charge in [-0.2, -0.15) is 0 Å². The predicted molar refractivity (Wildman–Crippen MR) is 126 cm³/mol. The third kappa shape index (κ3) is 4.49. The number of hydrogen-bond acceptors (Lipinski definition) is 6. The molecule has 1 amide bonds. The van der Waals surface area contributed by atoms with Crippen LogP contribution in [0.1, 0.15) is 49.5 Å². The van der Waals surface area contributed by atoms with Gasteiger partial charge in [-0.3, -0.25) is 4.79 Å². The van der Waals surface area contributed by atoms with Crippen LogP contribution in [0.4, 0.5) is 10.3 Å². The van der Waals surface area contributed by atoms with Crippen LogP contribution in [0.2, 0.25) is 0 Å². The highest BCUT2D eigenvalue weighted by Gasteiger charge is 2.35. The zero-order valence-electron chi connectivity index (χ0n) is 18.3. The van der Waals surface area contributed by atoms with Crippen LogP contribution in [0.15, 0.2) is 36.5 Å². The highest BCUT2D eigenvalue weighted by molar-refractivity contribution is 7.15. The molecule has 170 valence electrons. The summed E-state index contributed by atoms with van der Waals surface area (Å²) >= 11 is 1.66. The molecule has 2 aromatic heterocycles. The van der Waals surface area contributed by atoms with Crippen molar-refractivity contribution in [2.24, 2.45) is 5.92 Å². The van der Waals surface area contributed by atoms with E-state index in [2.05, 4.69) is 10.3 Å². The van der Waals surface area contributed by atoms with Crippen molar-refractivity contribution in [1.82, 2.24) is 19.9 Å². The number of aromatic nitrogens is 3. The van der Waals surface area contributed by atoms with Crippen LogP contribution in [0, 0.1) is 11.7 Å². The number of piperidine rings is 1. The lowest BCUT2D eigenvalue weighted by Gasteiger charge is -2.31. The van der Waals surface area contributed by atoms with Crippen molar-refractivity contribution in [2.45, 2.75) is 50.5 Å². The van der Waals surface area contributed by atoms with Gasteiger partial charge >= 0.3 is 0 Å². The van der Waals surface area contributed by atoms with Crippen LogP contribution >= 0.6 is 11.3 Å². The average molecular weight is 464 g/mol. The first-order chi connectivity index (χ1) is 16.1. The van der Waals surface area contributed by atoms with Gasteiger partial charge in [-0.05, 0) is 68.9 Å². The number of amides is 1. The molecule has 0 spiro atoms.